The van der Waals surface area contributed by atoms with Gasteiger partial charge in [-0.15, -0.1) is 0 Å². The predicted octanol–water partition coefficient (Wildman–Crippen LogP) is -2.05. The third kappa shape index (κ3) is 4.78. The second-order valence-electron chi connectivity index (χ2n) is 3.04. The normalized spacial score (nSPS) is 14.5. The molecule has 6 heteroatoms. The maximum atomic E-state index is 11.2. The number of nitrogens with two attached hydrogens (primary N) is 1. The van der Waals surface area contributed by atoms with Gasteiger partial charge >= 0.3 is 0 Å². The molecule has 0 aliphatic rings. The molecule has 0 bridgehead atoms. The Bertz CT molecular complexity index is 206. The van der Waals surface area contributed by atoms with E-state index in [1.54, 1.807) is 7.05 Å². The summed E-state index contributed by atoms with van der Waals surface area (Å²) in [6, 6.07) is -1.01. The minimum Gasteiger partial charge on any atom is -0.391 e. The number of carbonyl (C=O) groups is 2. The Hall–Kier alpha value is -1.14. The lowest BCUT2D eigenvalue weighted by Gasteiger charge is -2.17. The van der Waals surface area contributed by atoms with Crippen LogP contribution in [0, 0.1) is 0 Å². The second-order valence-corrected chi connectivity index (χ2v) is 3.04. The number of nitrogens with one attached hydrogen (secondary N) is 2. The minimum absolute atomic E-state index is 0.243. The summed E-state index contributed by atoms with van der Waals surface area (Å²) in [6.07, 6.45) is -0.737. The van der Waals surface area contributed by atoms with Crippen molar-refractivity contribution in [3.63, 3.8) is 0 Å². The molecule has 0 saturated carbocycles. The summed E-state index contributed by atoms with van der Waals surface area (Å²) >= 11 is 0. The molecule has 2 atom stereocenters. The van der Waals surface area contributed by atoms with Crippen LogP contribution in [0.25, 0.3) is 0 Å². The largest absolute Gasteiger partial charge is 0.391 e. The Morgan fingerprint density at radius 2 is 2.07 bits per heavy atom. The Labute approximate surface area is 82.9 Å². The molecule has 0 aromatic rings. The van der Waals surface area contributed by atoms with Crippen molar-refractivity contribution >= 4 is 11.8 Å². The van der Waals surface area contributed by atoms with Crippen molar-refractivity contribution in [3.05, 3.63) is 0 Å². The summed E-state index contributed by atoms with van der Waals surface area (Å²) < 4.78 is 0. The van der Waals surface area contributed by atoms with Gasteiger partial charge in [0.15, 0.2) is 0 Å². The highest BCUT2D eigenvalue weighted by Gasteiger charge is 2.22. The molecule has 0 aromatic heterocycles. The van der Waals surface area contributed by atoms with Crippen molar-refractivity contribution in [2.75, 3.05) is 13.6 Å². The molecule has 0 radical (unpaired) electrons. The van der Waals surface area contributed by atoms with Crippen LogP contribution in [0.3, 0.4) is 0 Å². The number of aliphatic hydroxyl groups excluding tert-OH is 1. The maximum Gasteiger partial charge on any atom is 0.242 e. The van der Waals surface area contributed by atoms with E-state index in [0.29, 0.717) is 6.54 Å². The number of carbonyl (C=O) groups excluding carboxylic acids is 2. The van der Waals surface area contributed by atoms with Gasteiger partial charge in [-0.2, -0.15) is 0 Å². The Morgan fingerprint density at radius 1 is 1.50 bits per heavy atom. The van der Waals surface area contributed by atoms with Crippen molar-refractivity contribution in [3.8, 4) is 0 Å². The lowest BCUT2D eigenvalue weighted by Crippen LogP contribution is -2.51. The number of primary amides is 1. The van der Waals surface area contributed by atoms with Crippen molar-refractivity contribution < 1.29 is 14.7 Å². The summed E-state index contributed by atoms with van der Waals surface area (Å²) in [6.45, 7) is 1.91. The summed E-state index contributed by atoms with van der Waals surface area (Å²) in [7, 11) is 1.72. The van der Waals surface area contributed by atoms with Gasteiger partial charge in [-0.25, -0.2) is 0 Å². The number of hydrogen-bond acceptors (Lipinski definition) is 4. The van der Waals surface area contributed by atoms with E-state index in [2.05, 4.69) is 10.6 Å². The van der Waals surface area contributed by atoms with Gasteiger partial charge in [0.2, 0.25) is 11.8 Å². The third-order valence-corrected chi connectivity index (χ3v) is 1.71. The maximum absolute atomic E-state index is 11.2. The summed E-state index contributed by atoms with van der Waals surface area (Å²) in [5.74, 6) is -1.05. The standard InChI is InChI=1S/C8H17N3O3/c1-5(12)7(8(9)14)11-6(13)3-4-10-2/h5,7,10,12H,3-4H2,1-2H3,(H2,9,14)(H,11,13). The van der Waals surface area contributed by atoms with E-state index in [0.717, 1.165) is 0 Å². The quantitative estimate of drug-likeness (QED) is 0.398. The molecule has 82 valence electrons. The van der Waals surface area contributed by atoms with Gasteiger partial charge in [-0.1, -0.05) is 0 Å². The second kappa shape index (κ2) is 6.33. The SMILES string of the molecule is CNCCC(=O)NC(C(N)=O)C(C)O. The van der Waals surface area contributed by atoms with Crippen molar-refractivity contribution in [2.24, 2.45) is 5.73 Å². The zero-order valence-electron chi connectivity index (χ0n) is 8.41. The molecule has 0 heterocycles. The van der Waals surface area contributed by atoms with Crippen LogP contribution in [-0.4, -0.2) is 42.7 Å². The number of amides is 2. The zero-order chi connectivity index (χ0) is 11.1. The predicted molar refractivity (Wildman–Crippen MR) is 51.3 cm³/mol. The van der Waals surface area contributed by atoms with E-state index < -0.39 is 18.1 Å². The van der Waals surface area contributed by atoms with Crippen LogP contribution in [-0.2, 0) is 9.59 Å². The Morgan fingerprint density at radius 3 is 2.43 bits per heavy atom. The van der Waals surface area contributed by atoms with Crippen LogP contribution in [0.5, 0.6) is 0 Å². The first-order chi connectivity index (χ1) is 6.49. The van der Waals surface area contributed by atoms with Gasteiger partial charge in [0.25, 0.3) is 0 Å². The van der Waals surface area contributed by atoms with Crippen LogP contribution in [0.1, 0.15) is 13.3 Å². The lowest BCUT2D eigenvalue weighted by molar-refractivity contribution is -0.129. The average molecular weight is 203 g/mol. The molecule has 5 N–H and O–H groups in total. The molecule has 2 unspecified atom stereocenters. The first-order valence-corrected chi connectivity index (χ1v) is 4.40. The fourth-order valence-corrected chi connectivity index (χ4v) is 0.914. The van der Waals surface area contributed by atoms with Gasteiger partial charge in [-0.3, -0.25) is 9.59 Å². The summed E-state index contributed by atoms with van der Waals surface area (Å²) in [5.41, 5.74) is 4.99. The van der Waals surface area contributed by atoms with Gasteiger partial charge < -0.3 is 21.5 Å². The molecule has 0 saturated heterocycles. The van der Waals surface area contributed by atoms with Crippen molar-refractivity contribution in [1.82, 2.24) is 10.6 Å². The molecular formula is C8H17N3O3. The first-order valence-electron chi connectivity index (χ1n) is 4.40. The topological polar surface area (TPSA) is 104 Å². The molecule has 0 aromatic carbocycles. The van der Waals surface area contributed by atoms with E-state index in [1.807, 2.05) is 0 Å². The number of hydrogen-bond donors (Lipinski definition) is 4. The Kier molecular flexibility index (Phi) is 5.82. The van der Waals surface area contributed by atoms with Crippen LogP contribution >= 0.6 is 0 Å². The van der Waals surface area contributed by atoms with Crippen LogP contribution in [0.15, 0.2) is 0 Å². The van der Waals surface area contributed by atoms with Crippen molar-refractivity contribution in [1.29, 1.82) is 0 Å². The summed E-state index contributed by atoms with van der Waals surface area (Å²) in [5, 5.41) is 14.3. The van der Waals surface area contributed by atoms with E-state index in [9.17, 15) is 9.59 Å². The molecule has 0 spiro atoms. The highest BCUT2D eigenvalue weighted by Crippen LogP contribution is 1.92. The van der Waals surface area contributed by atoms with E-state index >= 15 is 0 Å². The molecule has 0 fully saturated rings. The molecule has 0 rings (SSSR count). The van der Waals surface area contributed by atoms with Gasteiger partial charge in [-0.05, 0) is 14.0 Å². The molecule has 2 amide bonds. The highest BCUT2D eigenvalue weighted by atomic mass is 16.3. The first kappa shape index (κ1) is 12.9. The molecular weight excluding hydrogens is 186 g/mol. The van der Waals surface area contributed by atoms with Crippen LogP contribution in [0.2, 0.25) is 0 Å². The summed E-state index contributed by atoms with van der Waals surface area (Å²) in [4.78, 5) is 21.9. The zero-order valence-corrected chi connectivity index (χ0v) is 8.41. The molecule has 0 aliphatic heterocycles. The van der Waals surface area contributed by atoms with Gasteiger partial charge in [0.1, 0.15) is 6.04 Å². The van der Waals surface area contributed by atoms with Crippen LogP contribution in [0.4, 0.5) is 0 Å². The van der Waals surface area contributed by atoms with E-state index in [-0.39, 0.29) is 12.3 Å². The molecule has 0 aliphatic carbocycles. The average Bonchev–Trinajstić information content (AvgIpc) is 2.09. The monoisotopic (exact) mass is 203 g/mol. The van der Waals surface area contributed by atoms with Gasteiger partial charge in [0, 0.05) is 13.0 Å². The van der Waals surface area contributed by atoms with Crippen molar-refractivity contribution in [2.45, 2.75) is 25.5 Å². The number of aliphatic hydroxyl groups is 1. The number of rotatable bonds is 6. The lowest BCUT2D eigenvalue weighted by atomic mass is 10.1. The van der Waals surface area contributed by atoms with E-state index in [1.165, 1.54) is 6.92 Å². The highest BCUT2D eigenvalue weighted by molar-refractivity contribution is 5.87. The fraction of sp³-hybridized carbons (Fsp3) is 0.750. The minimum atomic E-state index is -1.01. The van der Waals surface area contributed by atoms with Crippen LogP contribution < -0.4 is 16.4 Å². The smallest absolute Gasteiger partial charge is 0.242 e. The van der Waals surface area contributed by atoms with E-state index in [4.69, 9.17) is 10.8 Å². The molecule has 6 nitrogen and oxygen atoms in total. The third-order valence-electron chi connectivity index (χ3n) is 1.71. The molecule has 14 heavy (non-hydrogen) atoms. The fourth-order valence-electron chi connectivity index (χ4n) is 0.914. The Balaban J connectivity index is 4.04. The van der Waals surface area contributed by atoms with Gasteiger partial charge in [0.05, 0.1) is 6.10 Å².